The number of fused-ring (bicyclic) bond motifs is 3. The van der Waals surface area contributed by atoms with E-state index in [-0.39, 0.29) is 23.9 Å². The molecule has 1 saturated carbocycles. The van der Waals surface area contributed by atoms with Crippen LogP contribution in [0.2, 0.25) is 0 Å². The van der Waals surface area contributed by atoms with Crippen LogP contribution in [-0.4, -0.2) is 20.8 Å². The van der Waals surface area contributed by atoms with Gasteiger partial charge in [0, 0.05) is 11.5 Å². The smallest absolute Gasteiger partial charge is 0.123 e. The molecule has 0 amide bonds. The van der Waals surface area contributed by atoms with Crippen molar-refractivity contribution >= 4 is 0 Å². The first-order valence-corrected chi connectivity index (χ1v) is 6.75. The van der Waals surface area contributed by atoms with Gasteiger partial charge in [-0.15, -0.1) is 0 Å². The van der Waals surface area contributed by atoms with Crippen molar-refractivity contribution in [3.63, 3.8) is 0 Å². The average Bonchev–Trinajstić information content (AvgIpc) is 3.05. The molecule has 4 rings (SSSR count). The number of benzene rings is 1. The van der Waals surface area contributed by atoms with Crippen molar-refractivity contribution in [3.05, 3.63) is 42.1 Å². The fourth-order valence-corrected chi connectivity index (χ4v) is 3.67. The van der Waals surface area contributed by atoms with Crippen molar-refractivity contribution in [1.29, 1.82) is 0 Å². The number of aliphatic hydroxyl groups excluding tert-OH is 1. The van der Waals surface area contributed by atoms with Crippen molar-refractivity contribution in [2.75, 3.05) is 0 Å². The maximum absolute atomic E-state index is 13.5. The van der Waals surface area contributed by atoms with Gasteiger partial charge in [-0.1, -0.05) is 12.5 Å². The molecule has 0 bridgehead atoms. The molecule has 3 nitrogen and oxygen atoms in total. The minimum Gasteiger partial charge on any atom is -0.393 e. The molecule has 98 valence electrons. The Balaban J connectivity index is 1.89. The number of hydrogen-bond acceptors (Lipinski definition) is 2. The van der Waals surface area contributed by atoms with Crippen LogP contribution in [0.15, 0.2) is 30.7 Å². The van der Waals surface area contributed by atoms with Gasteiger partial charge in [0.2, 0.25) is 0 Å². The summed E-state index contributed by atoms with van der Waals surface area (Å²) in [6.07, 6.45) is 6.24. The SMILES string of the molecule is O[C@@H]1CCC[C@H]1[C@@H]1c2ccc(F)cc2-c2cncn21. The molecule has 19 heavy (non-hydrogen) atoms. The summed E-state index contributed by atoms with van der Waals surface area (Å²) in [4.78, 5) is 4.18. The molecular formula is C15H15FN2O. The molecule has 0 radical (unpaired) electrons. The van der Waals surface area contributed by atoms with Gasteiger partial charge in [0.1, 0.15) is 5.82 Å². The second-order valence-electron chi connectivity index (χ2n) is 5.52. The Kier molecular flexibility index (Phi) is 2.30. The molecule has 0 saturated heterocycles. The Bertz CT molecular complexity index is 637. The summed E-state index contributed by atoms with van der Waals surface area (Å²) in [6.45, 7) is 0. The summed E-state index contributed by atoms with van der Waals surface area (Å²) in [7, 11) is 0. The first-order chi connectivity index (χ1) is 9.25. The highest BCUT2D eigenvalue weighted by Crippen LogP contribution is 2.47. The second-order valence-corrected chi connectivity index (χ2v) is 5.52. The lowest BCUT2D eigenvalue weighted by atomic mass is 9.90. The molecule has 4 heteroatoms. The number of aliphatic hydroxyl groups is 1. The molecule has 2 aliphatic rings. The predicted molar refractivity (Wildman–Crippen MR) is 69.1 cm³/mol. The third-order valence-corrected chi connectivity index (χ3v) is 4.51. The molecule has 2 aromatic rings. The lowest BCUT2D eigenvalue weighted by Gasteiger charge is -2.24. The molecule has 1 aromatic heterocycles. The highest BCUT2D eigenvalue weighted by molar-refractivity contribution is 5.69. The first kappa shape index (κ1) is 11.2. The zero-order chi connectivity index (χ0) is 13.0. The van der Waals surface area contributed by atoms with Gasteiger partial charge in [-0.05, 0) is 30.5 Å². The van der Waals surface area contributed by atoms with Crippen LogP contribution in [0.3, 0.4) is 0 Å². The molecule has 2 heterocycles. The zero-order valence-electron chi connectivity index (χ0n) is 10.5. The summed E-state index contributed by atoms with van der Waals surface area (Å²) in [6, 6.07) is 5.04. The van der Waals surface area contributed by atoms with E-state index in [1.165, 1.54) is 6.07 Å². The summed E-state index contributed by atoms with van der Waals surface area (Å²) in [5.74, 6) is -0.0150. The molecular weight excluding hydrogens is 243 g/mol. The maximum Gasteiger partial charge on any atom is 0.123 e. The Hall–Kier alpha value is -1.68. The maximum atomic E-state index is 13.5. The number of aromatic nitrogens is 2. The van der Waals surface area contributed by atoms with E-state index >= 15 is 0 Å². The van der Waals surface area contributed by atoms with E-state index in [1.807, 2.05) is 6.07 Å². The van der Waals surface area contributed by atoms with Gasteiger partial charge < -0.3 is 9.67 Å². The molecule has 1 N–H and O–H groups in total. The van der Waals surface area contributed by atoms with Gasteiger partial charge in [0.25, 0.3) is 0 Å². The van der Waals surface area contributed by atoms with Gasteiger partial charge in [-0.3, -0.25) is 0 Å². The van der Waals surface area contributed by atoms with Crippen LogP contribution in [0.5, 0.6) is 0 Å². The normalized spacial score (nSPS) is 28.4. The predicted octanol–water partition coefficient (Wildman–Crippen LogP) is 2.75. The van der Waals surface area contributed by atoms with Crippen LogP contribution in [0, 0.1) is 11.7 Å². The van der Waals surface area contributed by atoms with E-state index in [4.69, 9.17) is 0 Å². The van der Waals surface area contributed by atoms with Crippen LogP contribution in [0.4, 0.5) is 4.39 Å². The highest BCUT2D eigenvalue weighted by Gasteiger charge is 2.39. The zero-order valence-corrected chi connectivity index (χ0v) is 10.5. The van der Waals surface area contributed by atoms with Crippen molar-refractivity contribution in [2.45, 2.75) is 31.4 Å². The van der Waals surface area contributed by atoms with Crippen LogP contribution in [-0.2, 0) is 0 Å². The van der Waals surface area contributed by atoms with Gasteiger partial charge in [-0.25, -0.2) is 9.37 Å². The van der Waals surface area contributed by atoms with Crippen LogP contribution in [0.25, 0.3) is 11.3 Å². The van der Waals surface area contributed by atoms with E-state index in [1.54, 1.807) is 18.6 Å². The van der Waals surface area contributed by atoms with Gasteiger partial charge in [0.15, 0.2) is 0 Å². The Labute approximate surface area is 110 Å². The largest absolute Gasteiger partial charge is 0.393 e. The van der Waals surface area contributed by atoms with Crippen molar-refractivity contribution < 1.29 is 9.50 Å². The topological polar surface area (TPSA) is 38.1 Å². The van der Waals surface area contributed by atoms with Gasteiger partial charge in [-0.2, -0.15) is 0 Å². The third kappa shape index (κ3) is 1.49. The quantitative estimate of drug-likeness (QED) is 0.854. The summed E-state index contributed by atoms with van der Waals surface area (Å²) in [5.41, 5.74) is 2.99. The number of halogens is 1. The van der Waals surface area contributed by atoms with E-state index in [2.05, 4.69) is 9.55 Å². The first-order valence-electron chi connectivity index (χ1n) is 6.75. The van der Waals surface area contributed by atoms with Gasteiger partial charge in [0.05, 0.1) is 30.4 Å². The number of imidazole rings is 1. The Morgan fingerprint density at radius 3 is 3.00 bits per heavy atom. The van der Waals surface area contributed by atoms with E-state index in [0.717, 1.165) is 36.1 Å². The minimum absolute atomic E-state index is 0.102. The third-order valence-electron chi connectivity index (χ3n) is 4.51. The molecule has 1 fully saturated rings. The molecule has 1 aliphatic heterocycles. The molecule has 0 spiro atoms. The molecule has 1 aromatic carbocycles. The van der Waals surface area contributed by atoms with Crippen LogP contribution in [0.1, 0.15) is 30.9 Å². The average molecular weight is 258 g/mol. The number of hydrogen-bond donors (Lipinski definition) is 1. The van der Waals surface area contributed by atoms with E-state index < -0.39 is 0 Å². The van der Waals surface area contributed by atoms with Crippen molar-refractivity contribution in [3.8, 4) is 11.3 Å². The molecule has 0 unspecified atom stereocenters. The Morgan fingerprint density at radius 2 is 2.21 bits per heavy atom. The number of nitrogens with zero attached hydrogens (tertiary/aromatic N) is 2. The van der Waals surface area contributed by atoms with E-state index in [0.29, 0.717) is 0 Å². The van der Waals surface area contributed by atoms with E-state index in [9.17, 15) is 9.50 Å². The summed E-state index contributed by atoms with van der Waals surface area (Å²) in [5, 5.41) is 10.2. The fourth-order valence-electron chi connectivity index (χ4n) is 3.67. The summed E-state index contributed by atoms with van der Waals surface area (Å²) >= 11 is 0. The molecule has 1 aliphatic carbocycles. The summed E-state index contributed by atoms with van der Waals surface area (Å²) < 4.78 is 15.6. The molecule has 3 atom stereocenters. The standard InChI is InChI=1S/C15H15FN2O/c16-9-4-5-10-12(6-9)13-7-17-8-18(13)15(10)11-2-1-3-14(11)19/h4-8,11,14-15,19H,1-3H2/t11-,14-,15+/m1/s1. The van der Waals surface area contributed by atoms with Crippen LogP contribution >= 0.6 is 0 Å². The monoisotopic (exact) mass is 258 g/mol. The van der Waals surface area contributed by atoms with Crippen molar-refractivity contribution in [1.82, 2.24) is 9.55 Å². The lowest BCUT2D eigenvalue weighted by molar-refractivity contribution is 0.112. The second kappa shape index (κ2) is 3.90. The fraction of sp³-hybridized carbons (Fsp3) is 0.400. The number of rotatable bonds is 1. The lowest BCUT2D eigenvalue weighted by Crippen LogP contribution is -2.24. The highest BCUT2D eigenvalue weighted by atomic mass is 19.1. The van der Waals surface area contributed by atoms with Crippen molar-refractivity contribution in [2.24, 2.45) is 5.92 Å². The Morgan fingerprint density at radius 1 is 1.32 bits per heavy atom. The minimum atomic E-state index is -0.267. The van der Waals surface area contributed by atoms with Crippen LogP contribution < -0.4 is 0 Å². The van der Waals surface area contributed by atoms with Gasteiger partial charge >= 0.3 is 0 Å².